The smallest absolute Gasteiger partial charge is 0.126 e. The minimum Gasteiger partial charge on any atom is -0.489 e. The van der Waals surface area contributed by atoms with Crippen molar-refractivity contribution in [2.45, 2.75) is 18.9 Å². The van der Waals surface area contributed by atoms with Crippen LogP contribution in [0.1, 0.15) is 12.8 Å². The lowest BCUT2D eigenvalue weighted by Crippen LogP contribution is -2.52. The van der Waals surface area contributed by atoms with E-state index in [9.17, 15) is 4.39 Å². The van der Waals surface area contributed by atoms with Gasteiger partial charge in [-0.3, -0.25) is 4.90 Å². The van der Waals surface area contributed by atoms with E-state index in [1.54, 1.807) is 6.07 Å². The van der Waals surface area contributed by atoms with Gasteiger partial charge in [0.15, 0.2) is 0 Å². The molecule has 0 N–H and O–H groups in total. The van der Waals surface area contributed by atoms with Crippen molar-refractivity contribution >= 4 is 0 Å². The Balaban J connectivity index is 1.71. The largest absolute Gasteiger partial charge is 0.489 e. The van der Waals surface area contributed by atoms with E-state index >= 15 is 0 Å². The number of piperidine rings is 3. The van der Waals surface area contributed by atoms with Gasteiger partial charge in [0, 0.05) is 12.6 Å². The van der Waals surface area contributed by atoms with Gasteiger partial charge < -0.3 is 4.74 Å². The molecule has 0 aromatic heterocycles. The number of fused-ring (bicyclic) bond motifs is 3. The number of nitrogens with zero attached hydrogens (tertiary/aromatic N) is 1. The average Bonchev–Trinajstić information content (AvgIpc) is 2.30. The Kier molecular flexibility index (Phi) is 2.56. The zero-order chi connectivity index (χ0) is 11.0. The number of halogens is 1. The van der Waals surface area contributed by atoms with Crippen LogP contribution in [0.4, 0.5) is 4.39 Å². The predicted molar refractivity (Wildman–Crippen MR) is 60.0 cm³/mol. The van der Waals surface area contributed by atoms with Crippen molar-refractivity contribution in [1.82, 2.24) is 4.90 Å². The van der Waals surface area contributed by atoms with E-state index in [2.05, 4.69) is 4.90 Å². The fourth-order valence-corrected chi connectivity index (χ4v) is 2.76. The molecule has 3 fully saturated rings. The van der Waals surface area contributed by atoms with Crippen molar-refractivity contribution in [1.29, 1.82) is 0 Å². The highest BCUT2D eigenvalue weighted by molar-refractivity contribution is 5.23. The second-order valence-electron chi connectivity index (χ2n) is 4.75. The highest BCUT2D eigenvalue weighted by Gasteiger charge is 2.35. The fourth-order valence-electron chi connectivity index (χ4n) is 2.76. The molecule has 0 aliphatic carbocycles. The van der Waals surface area contributed by atoms with Crippen LogP contribution in [0.15, 0.2) is 24.3 Å². The summed E-state index contributed by atoms with van der Waals surface area (Å²) >= 11 is 0. The SMILES string of the molecule is Fc1cccc(OC2CN3CCC2CC3)c1. The molecule has 2 bridgehead atoms. The quantitative estimate of drug-likeness (QED) is 0.759. The van der Waals surface area contributed by atoms with Gasteiger partial charge in [0.25, 0.3) is 0 Å². The van der Waals surface area contributed by atoms with E-state index in [0.29, 0.717) is 11.7 Å². The lowest BCUT2D eigenvalue weighted by Gasteiger charge is -2.44. The Labute approximate surface area is 95.0 Å². The molecule has 86 valence electrons. The van der Waals surface area contributed by atoms with Gasteiger partial charge in [-0.2, -0.15) is 0 Å². The van der Waals surface area contributed by atoms with Crippen molar-refractivity contribution < 1.29 is 9.13 Å². The minimum absolute atomic E-state index is 0.223. The number of hydrogen-bond donors (Lipinski definition) is 0. The van der Waals surface area contributed by atoms with Gasteiger partial charge in [-0.1, -0.05) is 6.07 Å². The predicted octanol–water partition coefficient (Wildman–Crippen LogP) is 2.30. The highest BCUT2D eigenvalue weighted by atomic mass is 19.1. The molecule has 0 amide bonds. The Hall–Kier alpha value is -1.09. The van der Waals surface area contributed by atoms with E-state index in [-0.39, 0.29) is 11.9 Å². The summed E-state index contributed by atoms with van der Waals surface area (Å²) in [6.45, 7) is 3.41. The molecule has 3 heterocycles. The minimum atomic E-state index is -0.223. The molecule has 1 unspecified atom stereocenters. The Morgan fingerprint density at radius 3 is 2.69 bits per heavy atom. The second-order valence-corrected chi connectivity index (χ2v) is 4.75. The van der Waals surface area contributed by atoms with Crippen molar-refractivity contribution in [2.24, 2.45) is 5.92 Å². The summed E-state index contributed by atoms with van der Waals surface area (Å²) in [5.74, 6) is 1.10. The molecule has 1 aromatic rings. The molecule has 0 saturated carbocycles. The third-order valence-corrected chi connectivity index (χ3v) is 3.68. The maximum absolute atomic E-state index is 13.0. The van der Waals surface area contributed by atoms with Gasteiger partial charge in [-0.15, -0.1) is 0 Å². The standard InChI is InChI=1S/C13H16FNO/c14-11-2-1-3-12(8-11)16-13-9-15-6-4-10(13)5-7-15/h1-3,8,10,13H,4-7,9H2. The zero-order valence-electron chi connectivity index (χ0n) is 9.23. The molecule has 1 aromatic carbocycles. The van der Waals surface area contributed by atoms with Crippen molar-refractivity contribution in [3.05, 3.63) is 30.1 Å². The topological polar surface area (TPSA) is 12.5 Å². The summed E-state index contributed by atoms with van der Waals surface area (Å²) < 4.78 is 18.9. The first-order chi connectivity index (χ1) is 7.81. The Bertz CT molecular complexity index is 374. The monoisotopic (exact) mass is 221 g/mol. The molecule has 3 aliphatic heterocycles. The lowest BCUT2D eigenvalue weighted by molar-refractivity contribution is -0.00788. The Morgan fingerprint density at radius 1 is 1.25 bits per heavy atom. The van der Waals surface area contributed by atoms with Gasteiger partial charge in [0.05, 0.1) is 0 Å². The lowest BCUT2D eigenvalue weighted by atomic mass is 9.86. The molecule has 3 heteroatoms. The van der Waals surface area contributed by atoms with Crippen LogP contribution in [0, 0.1) is 11.7 Å². The van der Waals surface area contributed by atoms with Crippen LogP contribution in [-0.2, 0) is 0 Å². The fraction of sp³-hybridized carbons (Fsp3) is 0.538. The maximum Gasteiger partial charge on any atom is 0.126 e. The first-order valence-electron chi connectivity index (χ1n) is 5.96. The zero-order valence-corrected chi connectivity index (χ0v) is 9.23. The first kappa shape index (κ1) is 10.1. The summed E-state index contributed by atoms with van der Waals surface area (Å²) in [4.78, 5) is 2.43. The molecule has 2 nitrogen and oxygen atoms in total. The van der Waals surface area contributed by atoms with Crippen LogP contribution in [0.25, 0.3) is 0 Å². The van der Waals surface area contributed by atoms with E-state index in [4.69, 9.17) is 4.74 Å². The van der Waals surface area contributed by atoms with Gasteiger partial charge >= 0.3 is 0 Å². The molecule has 3 saturated heterocycles. The highest BCUT2D eigenvalue weighted by Crippen LogP contribution is 2.30. The van der Waals surface area contributed by atoms with E-state index in [0.717, 1.165) is 6.54 Å². The third kappa shape index (κ3) is 1.92. The van der Waals surface area contributed by atoms with Gasteiger partial charge in [0.2, 0.25) is 0 Å². The molecule has 4 rings (SSSR count). The van der Waals surface area contributed by atoms with E-state index in [1.165, 1.54) is 38.1 Å². The molecule has 0 radical (unpaired) electrons. The summed E-state index contributed by atoms with van der Waals surface area (Å²) in [5, 5.41) is 0. The summed E-state index contributed by atoms with van der Waals surface area (Å²) in [7, 11) is 0. The van der Waals surface area contributed by atoms with Gasteiger partial charge in [-0.05, 0) is 44.0 Å². The van der Waals surface area contributed by atoms with Crippen molar-refractivity contribution in [2.75, 3.05) is 19.6 Å². The normalized spacial score (nSPS) is 32.7. The van der Waals surface area contributed by atoms with Crippen LogP contribution in [-0.4, -0.2) is 30.6 Å². The molecule has 3 aliphatic rings. The van der Waals surface area contributed by atoms with Crippen molar-refractivity contribution in [3.8, 4) is 5.75 Å². The summed E-state index contributed by atoms with van der Waals surface area (Å²) in [6.07, 6.45) is 2.70. The maximum atomic E-state index is 13.0. The molecule has 1 atom stereocenters. The summed E-state index contributed by atoms with van der Waals surface area (Å²) in [5.41, 5.74) is 0. The van der Waals surface area contributed by atoms with Crippen LogP contribution in [0.3, 0.4) is 0 Å². The van der Waals surface area contributed by atoms with Gasteiger partial charge in [-0.25, -0.2) is 4.39 Å². The van der Waals surface area contributed by atoms with Crippen LogP contribution < -0.4 is 4.74 Å². The number of ether oxygens (including phenoxy) is 1. The van der Waals surface area contributed by atoms with E-state index in [1.807, 2.05) is 6.07 Å². The van der Waals surface area contributed by atoms with Crippen LogP contribution >= 0.6 is 0 Å². The second kappa shape index (κ2) is 4.06. The number of benzene rings is 1. The van der Waals surface area contributed by atoms with Crippen LogP contribution in [0.5, 0.6) is 5.75 Å². The molecule has 0 spiro atoms. The molecular formula is C13H16FNO. The third-order valence-electron chi connectivity index (χ3n) is 3.68. The summed E-state index contributed by atoms with van der Waals surface area (Å²) in [6, 6.07) is 6.45. The van der Waals surface area contributed by atoms with Crippen molar-refractivity contribution in [3.63, 3.8) is 0 Å². The molecular weight excluding hydrogens is 205 g/mol. The molecule has 16 heavy (non-hydrogen) atoms. The van der Waals surface area contributed by atoms with E-state index < -0.39 is 0 Å². The first-order valence-corrected chi connectivity index (χ1v) is 5.96. The number of hydrogen-bond acceptors (Lipinski definition) is 2. The Morgan fingerprint density at radius 2 is 2.06 bits per heavy atom. The van der Waals surface area contributed by atoms with Crippen LogP contribution in [0.2, 0.25) is 0 Å². The average molecular weight is 221 g/mol. The number of rotatable bonds is 2. The van der Waals surface area contributed by atoms with Gasteiger partial charge in [0.1, 0.15) is 17.7 Å².